The second-order valence-corrected chi connectivity index (χ2v) is 12.7. The molecule has 0 spiro atoms. The summed E-state index contributed by atoms with van der Waals surface area (Å²) in [7, 11) is 1.60. The van der Waals surface area contributed by atoms with E-state index in [9.17, 15) is 14.7 Å². The Labute approximate surface area is 275 Å². The van der Waals surface area contributed by atoms with Crippen molar-refractivity contribution in [3.63, 3.8) is 0 Å². The molecule has 2 N–H and O–H groups in total. The number of aromatic nitrogens is 4. The minimum Gasteiger partial charge on any atom is -0.392 e. The molecule has 2 aliphatic heterocycles. The Bertz CT molecular complexity index is 2280. The molecule has 2 fully saturated rings. The summed E-state index contributed by atoms with van der Waals surface area (Å²) in [5.41, 5.74) is 3.57. The van der Waals surface area contributed by atoms with E-state index < -0.39 is 12.4 Å². The molecular formula is C37H35FN6O4. The number of para-hydroxylation sites is 1. The zero-order chi connectivity index (χ0) is 32.9. The number of ether oxygens (including phenoxy) is 1. The molecule has 3 aromatic heterocycles. The number of aliphatic hydroxyl groups is 1. The zero-order valence-corrected chi connectivity index (χ0v) is 26.5. The van der Waals surface area contributed by atoms with Gasteiger partial charge in [-0.2, -0.15) is 0 Å². The van der Waals surface area contributed by atoms with Crippen LogP contribution < -0.4 is 16.4 Å². The Balaban J connectivity index is 1.11. The van der Waals surface area contributed by atoms with Gasteiger partial charge in [-0.05, 0) is 73.8 Å². The van der Waals surface area contributed by atoms with Gasteiger partial charge < -0.3 is 24.1 Å². The highest BCUT2D eigenvalue weighted by Gasteiger charge is 2.30. The third-order valence-electron chi connectivity index (χ3n) is 9.82. The van der Waals surface area contributed by atoms with Crippen molar-refractivity contribution >= 4 is 27.9 Å². The summed E-state index contributed by atoms with van der Waals surface area (Å²) in [6, 6.07) is 20.6. The van der Waals surface area contributed by atoms with Crippen LogP contribution in [0.4, 0.5) is 15.9 Å². The average molecular weight is 647 g/mol. The van der Waals surface area contributed by atoms with E-state index >= 15 is 4.39 Å². The maximum Gasteiger partial charge on any atom is 0.293 e. The van der Waals surface area contributed by atoms with Gasteiger partial charge in [-0.15, -0.1) is 0 Å². The highest BCUT2D eigenvalue weighted by Crippen LogP contribution is 2.32. The van der Waals surface area contributed by atoms with E-state index in [1.54, 1.807) is 29.9 Å². The van der Waals surface area contributed by atoms with Crippen molar-refractivity contribution in [1.29, 1.82) is 0 Å². The minimum atomic E-state index is -0.614. The molecule has 0 unspecified atom stereocenters. The van der Waals surface area contributed by atoms with Crippen LogP contribution >= 0.6 is 0 Å². The molecule has 2 aliphatic rings. The van der Waals surface area contributed by atoms with Crippen LogP contribution in [0.5, 0.6) is 0 Å². The van der Waals surface area contributed by atoms with Crippen LogP contribution in [0.15, 0.2) is 94.9 Å². The van der Waals surface area contributed by atoms with Gasteiger partial charge >= 0.3 is 0 Å². The number of piperidine rings is 1. The largest absolute Gasteiger partial charge is 0.392 e. The Morgan fingerprint density at radius 3 is 2.46 bits per heavy atom. The van der Waals surface area contributed by atoms with Crippen molar-refractivity contribution in [3.8, 4) is 16.9 Å². The van der Waals surface area contributed by atoms with Gasteiger partial charge in [0.05, 0.1) is 42.8 Å². The lowest BCUT2D eigenvalue weighted by Crippen LogP contribution is -2.51. The number of aliphatic hydroxyl groups excluding tert-OH is 1. The number of benzene rings is 3. The van der Waals surface area contributed by atoms with E-state index in [4.69, 9.17) is 4.74 Å². The Morgan fingerprint density at radius 2 is 1.73 bits per heavy atom. The molecule has 0 atom stereocenters. The molecule has 5 heterocycles. The summed E-state index contributed by atoms with van der Waals surface area (Å²) < 4.78 is 25.2. The fourth-order valence-corrected chi connectivity index (χ4v) is 7.07. The van der Waals surface area contributed by atoms with Crippen LogP contribution in [0.25, 0.3) is 33.4 Å². The van der Waals surface area contributed by atoms with E-state index in [0.29, 0.717) is 28.7 Å². The van der Waals surface area contributed by atoms with E-state index in [1.165, 1.54) is 33.0 Å². The molecule has 0 saturated carbocycles. The van der Waals surface area contributed by atoms with E-state index in [-0.39, 0.29) is 33.9 Å². The summed E-state index contributed by atoms with van der Waals surface area (Å²) in [5.74, 6) is -0.0706. The van der Waals surface area contributed by atoms with E-state index in [1.807, 2.05) is 36.4 Å². The number of aryl methyl sites for hydroxylation is 1. The molecule has 11 heteroatoms. The second-order valence-electron chi connectivity index (χ2n) is 12.7. The smallest absolute Gasteiger partial charge is 0.293 e. The maximum absolute atomic E-state index is 15.3. The number of nitrogens with one attached hydrogen (secondary N) is 1. The molecule has 0 bridgehead atoms. The van der Waals surface area contributed by atoms with Gasteiger partial charge in [0.1, 0.15) is 11.3 Å². The predicted octanol–water partition coefficient (Wildman–Crippen LogP) is 4.96. The summed E-state index contributed by atoms with van der Waals surface area (Å²) >= 11 is 0. The highest BCUT2D eigenvalue weighted by atomic mass is 19.1. The molecule has 8 rings (SSSR count). The van der Waals surface area contributed by atoms with Crippen molar-refractivity contribution in [2.24, 2.45) is 7.05 Å². The molecule has 0 radical (unpaired) electrons. The molecule has 10 nitrogen and oxygen atoms in total. The predicted molar refractivity (Wildman–Crippen MR) is 183 cm³/mol. The minimum absolute atomic E-state index is 0.0620. The number of fused-ring (bicyclic) bond motifs is 3. The van der Waals surface area contributed by atoms with Crippen LogP contribution in [0, 0.1) is 5.82 Å². The van der Waals surface area contributed by atoms with Gasteiger partial charge in [-0.1, -0.05) is 30.3 Å². The van der Waals surface area contributed by atoms with Crippen molar-refractivity contribution in [2.75, 3.05) is 31.6 Å². The van der Waals surface area contributed by atoms with Gasteiger partial charge in [-0.25, -0.2) is 9.37 Å². The molecule has 0 aliphatic carbocycles. The standard InChI is InChI=1S/C37H35FN6O4/c1-41-19-31(40-35(37(41)47)39-27-8-6-23(7-9-27)24-10-12-42(13-11-24)28-21-48-22-28)29-17-26(38)18-33(30(29)20-45)44-15-14-43-32-5-3-2-4-25(32)16-34(43)36(44)46/h2-9,14-19,24,28,45H,10-13,20-22H2,1H3,(H,39,40). The topological polar surface area (TPSA) is 106 Å². The van der Waals surface area contributed by atoms with Crippen molar-refractivity contribution in [1.82, 2.24) is 23.4 Å². The molecule has 2 saturated heterocycles. The number of likely N-dealkylation sites (tertiary alicyclic amines) is 1. The molecule has 48 heavy (non-hydrogen) atoms. The molecule has 6 aromatic rings. The van der Waals surface area contributed by atoms with Crippen LogP contribution in [0.3, 0.4) is 0 Å². The molecule has 3 aromatic carbocycles. The number of nitrogens with zero attached hydrogens (tertiary/aromatic N) is 5. The van der Waals surface area contributed by atoms with Crippen molar-refractivity contribution in [3.05, 3.63) is 123 Å². The molecular weight excluding hydrogens is 611 g/mol. The fraction of sp³-hybridized carbons (Fsp3) is 0.270. The number of hydrogen-bond donors (Lipinski definition) is 2. The summed E-state index contributed by atoms with van der Waals surface area (Å²) in [4.78, 5) is 34.0. The first kappa shape index (κ1) is 30.2. The van der Waals surface area contributed by atoms with Gasteiger partial charge in [0.15, 0.2) is 5.82 Å². The van der Waals surface area contributed by atoms with E-state index in [2.05, 4.69) is 27.3 Å². The quantitative estimate of drug-likeness (QED) is 0.253. The van der Waals surface area contributed by atoms with Gasteiger partial charge in [0.25, 0.3) is 11.1 Å². The first-order valence-corrected chi connectivity index (χ1v) is 16.2. The average Bonchev–Trinajstić information content (AvgIpc) is 3.46. The van der Waals surface area contributed by atoms with Crippen molar-refractivity contribution < 1.29 is 14.2 Å². The number of halogens is 1. The van der Waals surface area contributed by atoms with Crippen LogP contribution in [-0.2, 0) is 18.4 Å². The number of rotatable bonds is 7. The van der Waals surface area contributed by atoms with Crippen LogP contribution in [-0.4, -0.2) is 60.9 Å². The van der Waals surface area contributed by atoms with Crippen LogP contribution in [0.2, 0.25) is 0 Å². The number of hydrogen-bond acceptors (Lipinski definition) is 7. The van der Waals surface area contributed by atoms with Gasteiger partial charge in [-0.3, -0.25) is 19.1 Å². The normalized spacial score (nSPS) is 16.1. The molecule has 0 amide bonds. The third kappa shape index (κ3) is 5.29. The Kier molecular flexibility index (Phi) is 7.67. The third-order valence-corrected chi connectivity index (χ3v) is 9.82. The van der Waals surface area contributed by atoms with Gasteiger partial charge in [0.2, 0.25) is 0 Å². The van der Waals surface area contributed by atoms with Gasteiger partial charge in [0, 0.05) is 47.8 Å². The first-order valence-electron chi connectivity index (χ1n) is 16.2. The van der Waals surface area contributed by atoms with Crippen LogP contribution in [0.1, 0.15) is 29.9 Å². The zero-order valence-electron chi connectivity index (χ0n) is 26.5. The first-order chi connectivity index (χ1) is 23.4. The lowest BCUT2D eigenvalue weighted by Gasteiger charge is -2.41. The molecule has 244 valence electrons. The highest BCUT2D eigenvalue weighted by molar-refractivity contribution is 5.87. The lowest BCUT2D eigenvalue weighted by molar-refractivity contribution is -0.0712. The number of anilines is 2. The van der Waals surface area contributed by atoms with Crippen molar-refractivity contribution in [2.45, 2.75) is 31.4 Å². The van der Waals surface area contributed by atoms with E-state index in [0.717, 1.165) is 50.0 Å². The Morgan fingerprint density at radius 1 is 0.958 bits per heavy atom. The summed E-state index contributed by atoms with van der Waals surface area (Å²) in [5, 5.41) is 14.6. The SMILES string of the molecule is Cn1cc(-c2cc(F)cc(-n3ccn4c(cc5ccccc54)c3=O)c2CO)nc(Nc2ccc(C3CCN(C4COC4)CC3)cc2)c1=O. The summed E-state index contributed by atoms with van der Waals surface area (Å²) in [6.07, 6.45) is 7.01. The summed E-state index contributed by atoms with van der Waals surface area (Å²) in [6.45, 7) is 3.31. The second kappa shape index (κ2) is 12.2. The monoisotopic (exact) mass is 646 g/mol. The fourth-order valence-electron chi connectivity index (χ4n) is 7.07. The Hall–Kier alpha value is -5.10. The maximum atomic E-state index is 15.3. The lowest BCUT2D eigenvalue weighted by atomic mass is 9.88.